The van der Waals surface area contributed by atoms with Gasteiger partial charge in [-0.2, -0.15) is 4.39 Å². The van der Waals surface area contributed by atoms with Crippen LogP contribution in [0.1, 0.15) is 44.1 Å². The largest absolute Gasteiger partial charge is 0.466 e. The van der Waals surface area contributed by atoms with E-state index >= 15 is 0 Å². The van der Waals surface area contributed by atoms with Crippen molar-refractivity contribution in [3.8, 4) is 0 Å². The molecule has 1 aliphatic carbocycles. The van der Waals surface area contributed by atoms with Crippen molar-refractivity contribution in [3.63, 3.8) is 0 Å². The summed E-state index contributed by atoms with van der Waals surface area (Å²) in [6.07, 6.45) is 4.66. The Morgan fingerprint density at radius 1 is 1.44 bits per heavy atom. The van der Waals surface area contributed by atoms with Gasteiger partial charge >= 0.3 is 5.97 Å². The lowest BCUT2D eigenvalue weighted by Crippen LogP contribution is -2.23. The van der Waals surface area contributed by atoms with Gasteiger partial charge < -0.3 is 4.74 Å². The molecule has 0 bridgehead atoms. The molecule has 0 saturated heterocycles. The van der Waals surface area contributed by atoms with Crippen molar-refractivity contribution in [1.29, 1.82) is 0 Å². The van der Waals surface area contributed by atoms with Crippen molar-refractivity contribution in [2.24, 2.45) is 5.92 Å². The minimum atomic E-state index is -0.378. The standard InChI is InChI=1S/C14H18FNO2/c1-2-18-14(17)11-7-5-10(6-8-11)12-4-3-9-16-13(12)15/h3-4,9-11H,2,5-8H2,1H3/t10-,11-. The second-order valence-corrected chi connectivity index (χ2v) is 4.68. The predicted molar refractivity (Wildman–Crippen MR) is 65.5 cm³/mol. The van der Waals surface area contributed by atoms with Crippen molar-refractivity contribution in [1.82, 2.24) is 4.98 Å². The maximum absolute atomic E-state index is 13.5. The number of hydrogen-bond acceptors (Lipinski definition) is 3. The first kappa shape index (κ1) is 13.0. The summed E-state index contributed by atoms with van der Waals surface area (Å²) < 4.78 is 18.6. The van der Waals surface area contributed by atoms with Crippen LogP contribution in [0.5, 0.6) is 0 Å². The predicted octanol–water partition coefficient (Wildman–Crippen LogP) is 3.06. The van der Waals surface area contributed by atoms with E-state index in [9.17, 15) is 9.18 Å². The number of aromatic nitrogens is 1. The van der Waals surface area contributed by atoms with Crippen LogP contribution in [0.15, 0.2) is 18.3 Å². The minimum Gasteiger partial charge on any atom is -0.466 e. The third-order valence-electron chi connectivity index (χ3n) is 3.57. The summed E-state index contributed by atoms with van der Waals surface area (Å²) in [5.41, 5.74) is 0.680. The Labute approximate surface area is 106 Å². The van der Waals surface area contributed by atoms with Crippen molar-refractivity contribution < 1.29 is 13.9 Å². The summed E-state index contributed by atoms with van der Waals surface area (Å²) >= 11 is 0. The highest BCUT2D eigenvalue weighted by atomic mass is 19.1. The fraction of sp³-hybridized carbons (Fsp3) is 0.571. The summed E-state index contributed by atoms with van der Waals surface area (Å²) in [4.78, 5) is 15.3. The molecule has 98 valence electrons. The van der Waals surface area contributed by atoms with E-state index in [1.54, 1.807) is 12.1 Å². The van der Waals surface area contributed by atoms with Gasteiger partial charge in [-0.05, 0) is 44.6 Å². The molecule has 2 rings (SSSR count). The summed E-state index contributed by atoms with van der Waals surface area (Å²) in [5.74, 6) is -0.315. The van der Waals surface area contributed by atoms with E-state index < -0.39 is 0 Å². The summed E-state index contributed by atoms with van der Waals surface area (Å²) in [6, 6.07) is 3.55. The maximum atomic E-state index is 13.5. The average Bonchev–Trinajstić information content (AvgIpc) is 2.40. The molecule has 0 spiro atoms. The highest BCUT2D eigenvalue weighted by Crippen LogP contribution is 2.36. The number of carbonyl (C=O) groups is 1. The molecule has 0 N–H and O–H groups in total. The van der Waals surface area contributed by atoms with Crippen LogP contribution in [0.2, 0.25) is 0 Å². The van der Waals surface area contributed by atoms with Crippen molar-refractivity contribution in [3.05, 3.63) is 29.8 Å². The molecule has 1 aliphatic rings. The van der Waals surface area contributed by atoms with Gasteiger partial charge in [-0.15, -0.1) is 0 Å². The van der Waals surface area contributed by atoms with Crippen molar-refractivity contribution in [2.75, 3.05) is 6.61 Å². The molecule has 18 heavy (non-hydrogen) atoms. The van der Waals surface area contributed by atoms with Gasteiger partial charge in [0.05, 0.1) is 12.5 Å². The van der Waals surface area contributed by atoms with Crippen LogP contribution in [-0.2, 0) is 9.53 Å². The highest BCUT2D eigenvalue weighted by molar-refractivity contribution is 5.72. The van der Waals surface area contributed by atoms with Gasteiger partial charge in [0.25, 0.3) is 0 Å². The number of rotatable bonds is 3. The fourth-order valence-corrected chi connectivity index (χ4v) is 2.60. The smallest absolute Gasteiger partial charge is 0.308 e. The number of hydrogen-bond donors (Lipinski definition) is 0. The summed E-state index contributed by atoms with van der Waals surface area (Å²) in [6.45, 7) is 2.24. The Kier molecular flexibility index (Phi) is 4.28. The number of nitrogens with zero attached hydrogens (tertiary/aromatic N) is 1. The van der Waals surface area contributed by atoms with Crippen LogP contribution in [-0.4, -0.2) is 17.6 Å². The maximum Gasteiger partial charge on any atom is 0.308 e. The summed E-state index contributed by atoms with van der Waals surface area (Å²) in [5, 5.41) is 0. The molecule has 0 aromatic carbocycles. The lowest BCUT2D eigenvalue weighted by atomic mass is 9.79. The Hall–Kier alpha value is -1.45. The van der Waals surface area contributed by atoms with Gasteiger partial charge in [0.15, 0.2) is 0 Å². The molecule has 1 heterocycles. The average molecular weight is 251 g/mol. The van der Waals surface area contributed by atoms with Crippen LogP contribution in [0.4, 0.5) is 4.39 Å². The Balaban J connectivity index is 1.95. The molecular weight excluding hydrogens is 233 g/mol. The first-order valence-electron chi connectivity index (χ1n) is 6.49. The third-order valence-corrected chi connectivity index (χ3v) is 3.57. The highest BCUT2D eigenvalue weighted by Gasteiger charge is 2.29. The van der Waals surface area contributed by atoms with E-state index in [2.05, 4.69) is 4.98 Å². The molecule has 4 heteroatoms. The van der Waals surface area contributed by atoms with Gasteiger partial charge in [0, 0.05) is 11.8 Å². The zero-order chi connectivity index (χ0) is 13.0. The van der Waals surface area contributed by atoms with Crippen LogP contribution in [0.3, 0.4) is 0 Å². The van der Waals surface area contributed by atoms with Crippen LogP contribution < -0.4 is 0 Å². The quantitative estimate of drug-likeness (QED) is 0.612. The first-order valence-corrected chi connectivity index (χ1v) is 6.49. The normalized spacial score (nSPS) is 23.7. The molecular formula is C14H18FNO2. The Morgan fingerprint density at radius 2 is 2.17 bits per heavy atom. The Bertz CT molecular complexity index is 414. The van der Waals surface area contributed by atoms with E-state index in [0.717, 1.165) is 25.7 Å². The van der Waals surface area contributed by atoms with Gasteiger partial charge in [0.2, 0.25) is 5.95 Å². The topological polar surface area (TPSA) is 39.2 Å². The molecule has 0 radical (unpaired) electrons. The van der Waals surface area contributed by atoms with Crippen molar-refractivity contribution >= 4 is 5.97 Å². The molecule has 1 saturated carbocycles. The monoisotopic (exact) mass is 251 g/mol. The third kappa shape index (κ3) is 2.86. The van der Waals surface area contributed by atoms with Gasteiger partial charge in [-0.25, -0.2) is 4.98 Å². The lowest BCUT2D eigenvalue weighted by Gasteiger charge is -2.27. The van der Waals surface area contributed by atoms with Crippen LogP contribution in [0.25, 0.3) is 0 Å². The van der Waals surface area contributed by atoms with E-state index in [4.69, 9.17) is 4.74 Å². The number of halogens is 1. The molecule has 1 fully saturated rings. The molecule has 0 aliphatic heterocycles. The zero-order valence-electron chi connectivity index (χ0n) is 10.6. The van der Waals surface area contributed by atoms with Crippen LogP contribution in [0, 0.1) is 11.9 Å². The SMILES string of the molecule is CCOC(=O)[C@H]1CC[C@H](c2cccnc2F)CC1. The summed E-state index contributed by atoms with van der Waals surface area (Å²) in [7, 11) is 0. The number of ether oxygens (including phenoxy) is 1. The number of pyridine rings is 1. The zero-order valence-corrected chi connectivity index (χ0v) is 10.6. The molecule has 0 unspecified atom stereocenters. The van der Waals surface area contributed by atoms with E-state index in [0.29, 0.717) is 12.2 Å². The second kappa shape index (κ2) is 5.94. The van der Waals surface area contributed by atoms with E-state index in [1.807, 2.05) is 6.92 Å². The fourth-order valence-electron chi connectivity index (χ4n) is 2.60. The number of esters is 1. The second-order valence-electron chi connectivity index (χ2n) is 4.68. The van der Waals surface area contributed by atoms with Gasteiger partial charge in [0.1, 0.15) is 0 Å². The van der Waals surface area contributed by atoms with E-state index in [1.165, 1.54) is 6.20 Å². The molecule has 1 aromatic rings. The molecule has 3 nitrogen and oxygen atoms in total. The lowest BCUT2D eigenvalue weighted by molar-refractivity contribution is -0.149. The Morgan fingerprint density at radius 3 is 2.78 bits per heavy atom. The van der Waals surface area contributed by atoms with Gasteiger partial charge in [-0.3, -0.25) is 4.79 Å². The molecule has 1 aromatic heterocycles. The van der Waals surface area contributed by atoms with E-state index in [-0.39, 0.29) is 23.8 Å². The minimum absolute atomic E-state index is 0.0130. The van der Waals surface area contributed by atoms with Crippen molar-refractivity contribution in [2.45, 2.75) is 38.5 Å². The molecule has 0 amide bonds. The molecule has 0 atom stereocenters. The number of carbonyl (C=O) groups excluding carboxylic acids is 1. The van der Waals surface area contributed by atoms with Crippen LogP contribution >= 0.6 is 0 Å². The van der Waals surface area contributed by atoms with Gasteiger partial charge in [-0.1, -0.05) is 6.07 Å². The first-order chi connectivity index (χ1) is 8.72.